The number of carbonyl (C=O) groups is 2. The molecule has 0 spiro atoms. The lowest BCUT2D eigenvalue weighted by molar-refractivity contribution is 0.102. The van der Waals surface area contributed by atoms with Gasteiger partial charge in [-0.1, -0.05) is 29.8 Å². The van der Waals surface area contributed by atoms with Crippen LogP contribution in [0.25, 0.3) is 0 Å². The summed E-state index contributed by atoms with van der Waals surface area (Å²) in [7, 11) is 1.69. The maximum atomic E-state index is 13.5. The Morgan fingerprint density at radius 3 is 2.50 bits per heavy atom. The number of aryl methyl sites for hydroxylation is 3. The van der Waals surface area contributed by atoms with Gasteiger partial charge < -0.3 is 16.4 Å². The van der Waals surface area contributed by atoms with E-state index in [-0.39, 0.29) is 11.9 Å². The third-order valence-electron chi connectivity index (χ3n) is 6.58. The average molecular weight is 508 g/mol. The fourth-order valence-corrected chi connectivity index (χ4v) is 4.37. The van der Waals surface area contributed by atoms with E-state index in [2.05, 4.69) is 20.6 Å². The molecule has 1 aromatic heterocycles. The zero-order chi connectivity index (χ0) is 27.0. The molecule has 4 N–H and O–H groups in total. The summed E-state index contributed by atoms with van der Waals surface area (Å²) in [6.07, 6.45) is 1.72. The van der Waals surface area contributed by atoms with Crippen molar-refractivity contribution in [2.75, 3.05) is 33.2 Å². The number of hydrogen-bond acceptors (Lipinski definition) is 6. The number of rotatable bonds is 5. The molecule has 0 unspecified atom stereocenters. The first-order chi connectivity index (χ1) is 18.2. The second kappa shape index (κ2) is 9.85. The van der Waals surface area contributed by atoms with E-state index >= 15 is 0 Å². The Bertz CT molecular complexity index is 1570. The molecule has 0 saturated carbocycles. The predicted molar refractivity (Wildman–Crippen MR) is 151 cm³/mol. The van der Waals surface area contributed by atoms with E-state index in [1.807, 2.05) is 75.4 Å². The van der Waals surface area contributed by atoms with Gasteiger partial charge in [-0.2, -0.15) is 4.98 Å². The van der Waals surface area contributed by atoms with Gasteiger partial charge in [-0.3, -0.25) is 14.6 Å². The number of hydrogen-bond donors (Lipinski definition) is 3. The largest absolute Gasteiger partial charge is 0.398 e. The Hall–Kier alpha value is -4.92. The van der Waals surface area contributed by atoms with Crippen molar-refractivity contribution in [3.63, 3.8) is 0 Å². The summed E-state index contributed by atoms with van der Waals surface area (Å²) in [5.74, 6) is 0.697. The number of nitrogens with two attached hydrogens (primary N) is 1. The fraction of sp³-hybridized carbons (Fsp3) is 0.172. The van der Waals surface area contributed by atoms with Gasteiger partial charge in [0.15, 0.2) is 0 Å². The van der Waals surface area contributed by atoms with Gasteiger partial charge >= 0.3 is 6.03 Å². The first-order valence-corrected chi connectivity index (χ1v) is 12.2. The van der Waals surface area contributed by atoms with E-state index in [0.29, 0.717) is 40.9 Å². The highest BCUT2D eigenvalue weighted by Gasteiger charge is 2.31. The van der Waals surface area contributed by atoms with Crippen LogP contribution >= 0.6 is 0 Å². The number of urea groups is 1. The van der Waals surface area contributed by atoms with Gasteiger partial charge in [-0.25, -0.2) is 9.78 Å². The summed E-state index contributed by atoms with van der Waals surface area (Å²) in [5.41, 5.74) is 13.0. The van der Waals surface area contributed by atoms with E-state index in [0.717, 1.165) is 27.9 Å². The highest BCUT2D eigenvalue weighted by Crippen LogP contribution is 2.33. The van der Waals surface area contributed by atoms with Gasteiger partial charge in [0.25, 0.3) is 5.91 Å². The predicted octanol–water partition coefficient (Wildman–Crippen LogP) is 5.56. The van der Waals surface area contributed by atoms with Gasteiger partial charge in [0.2, 0.25) is 5.95 Å². The van der Waals surface area contributed by atoms with Crippen molar-refractivity contribution >= 4 is 46.5 Å². The maximum absolute atomic E-state index is 13.5. The maximum Gasteiger partial charge on any atom is 0.330 e. The molecule has 0 bridgehead atoms. The molecule has 9 nitrogen and oxygen atoms in total. The van der Waals surface area contributed by atoms with Crippen LogP contribution in [0.1, 0.15) is 32.6 Å². The van der Waals surface area contributed by atoms with Crippen molar-refractivity contribution < 1.29 is 9.59 Å². The Labute approximate surface area is 221 Å². The van der Waals surface area contributed by atoms with Gasteiger partial charge in [0.1, 0.15) is 5.82 Å². The highest BCUT2D eigenvalue weighted by molar-refractivity contribution is 6.07. The molecule has 38 heavy (non-hydrogen) atoms. The van der Waals surface area contributed by atoms with Gasteiger partial charge in [-0.15, -0.1) is 0 Å². The Morgan fingerprint density at radius 2 is 1.74 bits per heavy atom. The molecular weight excluding hydrogens is 478 g/mol. The molecule has 0 aliphatic carbocycles. The van der Waals surface area contributed by atoms with Crippen LogP contribution in [-0.2, 0) is 6.54 Å². The zero-order valence-corrected chi connectivity index (χ0v) is 21.7. The smallest absolute Gasteiger partial charge is 0.330 e. The molecule has 3 aromatic carbocycles. The number of aromatic nitrogens is 2. The molecule has 0 atom stereocenters. The van der Waals surface area contributed by atoms with Crippen LogP contribution in [0.5, 0.6) is 0 Å². The summed E-state index contributed by atoms with van der Waals surface area (Å²) in [5, 5.41) is 6.10. The standard InChI is InChI=1S/C29H29N7O2/c1-17-6-5-7-20(12-17)27(37)32-23-11-9-19(3)25(14-23)36-16-21-15-31-28(34-26(21)35(4)29(36)38)33-22-10-8-18(2)24(30)13-22/h5-15H,16,30H2,1-4H3,(H,32,37)(H,31,33,34). The van der Waals surface area contributed by atoms with E-state index in [1.165, 1.54) is 4.90 Å². The molecule has 0 saturated heterocycles. The van der Waals surface area contributed by atoms with Crippen LogP contribution in [0.2, 0.25) is 0 Å². The molecule has 0 radical (unpaired) electrons. The van der Waals surface area contributed by atoms with Crippen molar-refractivity contribution in [3.05, 3.63) is 94.7 Å². The molecule has 9 heteroatoms. The number of carbonyl (C=O) groups excluding carboxylic acids is 2. The Kier molecular flexibility index (Phi) is 6.42. The summed E-state index contributed by atoms with van der Waals surface area (Å²) < 4.78 is 0. The van der Waals surface area contributed by atoms with Gasteiger partial charge in [0.05, 0.1) is 12.2 Å². The van der Waals surface area contributed by atoms with Crippen molar-refractivity contribution in [2.24, 2.45) is 0 Å². The minimum absolute atomic E-state index is 0.209. The zero-order valence-electron chi connectivity index (χ0n) is 21.7. The second-order valence-corrected chi connectivity index (χ2v) is 9.49. The van der Waals surface area contributed by atoms with Crippen LogP contribution in [0.4, 0.5) is 39.3 Å². The monoisotopic (exact) mass is 507 g/mol. The summed E-state index contributed by atoms with van der Waals surface area (Å²) in [6, 6.07) is 18.4. The number of nitrogens with one attached hydrogen (secondary N) is 2. The first kappa shape index (κ1) is 24.8. The highest BCUT2D eigenvalue weighted by atomic mass is 16.2. The van der Waals surface area contributed by atoms with Crippen molar-refractivity contribution in [2.45, 2.75) is 27.3 Å². The lowest BCUT2D eigenvalue weighted by Gasteiger charge is -2.35. The van der Waals surface area contributed by atoms with Crippen LogP contribution in [-0.4, -0.2) is 29.0 Å². The van der Waals surface area contributed by atoms with Gasteiger partial charge in [0, 0.05) is 41.4 Å². The lowest BCUT2D eigenvalue weighted by atomic mass is 10.1. The van der Waals surface area contributed by atoms with E-state index in [1.54, 1.807) is 24.2 Å². The second-order valence-electron chi connectivity index (χ2n) is 9.49. The molecular formula is C29H29N7O2. The SMILES string of the molecule is Cc1cccc(C(=O)Nc2ccc(C)c(N3Cc4cnc(Nc5ccc(C)c(N)c5)nc4N(C)C3=O)c2)c1. The minimum atomic E-state index is -0.230. The van der Waals surface area contributed by atoms with Crippen LogP contribution in [0, 0.1) is 20.8 Å². The topological polar surface area (TPSA) is 116 Å². The van der Waals surface area contributed by atoms with E-state index < -0.39 is 0 Å². The average Bonchev–Trinajstić information content (AvgIpc) is 2.90. The molecule has 1 aliphatic heterocycles. The Morgan fingerprint density at radius 1 is 0.974 bits per heavy atom. The number of nitrogen functional groups attached to an aromatic ring is 1. The molecule has 0 fully saturated rings. The number of anilines is 6. The number of nitrogens with zero attached hydrogens (tertiary/aromatic N) is 4. The lowest BCUT2D eigenvalue weighted by Crippen LogP contribution is -2.46. The third kappa shape index (κ3) is 4.86. The molecule has 2 heterocycles. The molecule has 192 valence electrons. The van der Waals surface area contributed by atoms with Crippen LogP contribution in [0.3, 0.4) is 0 Å². The third-order valence-corrected chi connectivity index (χ3v) is 6.58. The minimum Gasteiger partial charge on any atom is -0.398 e. The van der Waals surface area contributed by atoms with Crippen molar-refractivity contribution in [1.29, 1.82) is 0 Å². The molecule has 5 rings (SSSR count). The van der Waals surface area contributed by atoms with E-state index in [9.17, 15) is 9.59 Å². The molecule has 4 aromatic rings. The molecule has 3 amide bonds. The molecule has 1 aliphatic rings. The normalized spacial score (nSPS) is 12.8. The first-order valence-electron chi connectivity index (χ1n) is 12.2. The summed E-state index contributed by atoms with van der Waals surface area (Å²) >= 11 is 0. The van der Waals surface area contributed by atoms with Crippen molar-refractivity contribution in [3.8, 4) is 0 Å². The van der Waals surface area contributed by atoms with Crippen molar-refractivity contribution in [1.82, 2.24) is 9.97 Å². The number of amides is 3. The Balaban J connectivity index is 1.39. The van der Waals surface area contributed by atoms with E-state index in [4.69, 9.17) is 5.73 Å². The van der Waals surface area contributed by atoms with Crippen LogP contribution in [0.15, 0.2) is 66.9 Å². The number of benzene rings is 3. The number of fused-ring (bicyclic) bond motifs is 1. The summed E-state index contributed by atoms with van der Waals surface area (Å²) in [4.78, 5) is 38.5. The fourth-order valence-electron chi connectivity index (χ4n) is 4.37. The van der Waals surface area contributed by atoms with Crippen LogP contribution < -0.4 is 26.2 Å². The summed E-state index contributed by atoms with van der Waals surface area (Å²) in [6.45, 7) is 6.11. The van der Waals surface area contributed by atoms with Gasteiger partial charge in [-0.05, 0) is 68.3 Å². The quantitative estimate of drug-likeness (QED) is 0.305.